The van der Waals surface area contributed by atoms with Crippen LogP contribution in [-0.4, -0.2) is 16.8 Å². The van der Waals surface area contributed by atoms with Gasteiger partial charge in [0, 0.05) is 23.5 Å². The number of nitriles is 1. The van der Waals surface area contributed by atoms with Crippen molar-refractivity contribution < 1.29 is 4.79 Å². The van der Waals surface area contributed by atoms with Crippen molar-refractivity contribution in [2.45, 2.75) is 38.3 Å². The predicted octanol–water partition coefficient (Wildman–Crippen LogP) is 4.44. The molecule has 0 spiro atoms. The summed E-state index contributed by atoms with van der Waals surface area (Å²) in [5.41, 5.74) is 2.91. The van der Waals surface area contributed by atoms with E-state index in [0.29, 0.717) is 31.0 Å². The molecule has 0 bridgehead atoms. The molecular formula is C20H19BrN2O. The highest BCUT2D eigenvalue weighted by molar-refractivity contribution is 9.10. The molecule has 1 aliphatic rings. The molecule has 1 amide bonds. The lowest BCUT2D eigenvalue weighted by molar-refractivity contribution is -0.132. The van der Waals surface area contributed by atoms with Gasteiger partial charge in [-0.05, 0) is 54.7 Å². The lowest BCUT2D eigenvalue weighted by atomic mass is 10.1. The molecule has 0 N–H and O–H groups in total. The molecule has 4 heteroatoms. The molecule has 0 aromatic heterocycles. The number of carbonyl (C=O) groups is 1. The lowest BCUT2D eigenvalue weighted by Crippen LogP contribution is -2.32. The molecule has 0 aliphatic heterocycles. The maximum atomic E-state index is 12.7. The summed E-state index contributed by atoms with van der Waals surface area (Å²) in [5, 5.41) is 8.83. The molecule has 122 valence electrons. The van der Waals surface area contributed by atoms with Crippen LogP contribution in [0.1, 0.15) is 36.0 Å². The molecule has 3 rings (SSSR count). The molecule has 2 aromatic carbocycles. The van der Waals surface area contributed by atoms with Gasteiger partial charge in [0.05, 0.1) is 11.6 Å². The largest absolute Gasteiger partial charge is 0.335 e. The fourth-order valence-corrected chi connectivity index (χ4v) is 3.23. The maximum absolute atomic E-state index is 12.7. The van der Waals surface area contributed by atoms with Gasteiger partial charge in [-0.1, -0.05) is 40.2 Å². The van der Waals surface area contributed by atoms with Gasteiger partial charge in [0.15, 0.2) is 0 Å². The maximum Gasteiger partial charge on any atom is 0.223 e. The van der Waals surface area contributed by atoms with Crippen molar-refractivity contribution >= 4 is 21.8 Å². The van der Waals surface area contributed by atoms with Gasteiger partial charge < -0.3 is 4.90 Å². The SMILES string of the molecule is N#Cc1ccc(CCC(=O)N(Cc2cccc(Br)c2)C2CC2)cc1. The number of aryl methyl sites for hydroxylation is 1. The summed E-state index contributed by atoms with van der Waals surface area (Å²) in [6.45, 7) is 0.677. The first-order valence-electron chi connectivity index (χ1n) is 8.18. The second-order valence-electron chi connectivity index (χ2n) is 6.19. The third kappa shape index (κ3) is 4.46. The van der Waals surface area contributed by atoms with Gasteiger partial charge in [0.25, 0.3) is 0 Å². The summed E-state index contributed by atoms with van der Waals surface area (Å²) in [6, 6.07) is 18.1. The molecule has 1 aliphatic carbocycles. The quantitative estimate of drug-likeness (QED) is 0.740. The van der Waals surface area contributed by atoms with Crippen LogP contribution in [0.3, 0.4) is 0 Å². The van der Waals surface area contributed by atoms with Crippen LogP contribution in [-0.2, 0) is 17.8 Å². The Morgan fingerprint density at radius 1 is 1.17 bits per heavy atom. The van der Waals surface area contributed by atoms with Crippen LogP contribution in [0.5, 0.6) is 0 Å². The van der Waals surface area contributed by atoms with Crippen molar-refractivity contribution in [3.8, 4) is 6.07 Å². The minimum absolute atomic E-state index is 0.210. The van der Waals surface area contributed by atoms with Crippen molar-refractivity contribution in [2.75, 3.05) is 0 Å². The van der Waals surface area contributed by atoms with Gasteiger partial charge in [0.2, 0.25) is 5.91 Å². The number of amides is 1. The topological polar surface area (TPSA) is 44.1 Å². The third-order valence-corrected chi connectivity index (χ3v) is 4.75. The second-order valence-corrected chi connectivity index (χ2v) is 7.11. The van der Waals surface area contributed by atoms with Crippen LogP contribution in [0.25, 0.3) is 0 Å². The van der Waals surface area contributed by atoms with Crippen molar-refractivity contribution in [1.29, 1.82) is 5.26 Å². The summed E-state index contributed by atoms with van der Waals surface area (Å²) in [6.07, 6.45) is 3.44. The van der Waals surface area contributed by atoms with E-state index in [4.69, 9.17) is 5.26 Å². The van der Waals surface area contributed by atoms with Crippen LogP contribution in [0.15, 0.2) is 53.0 Å². The minimum atomic E-state index is 0.210. The van der Waals surface area contributed by atoms with Crippen LogP contribution < -0.4 is 0 Å². The fourth-order valence-electron chi connectivity index (χ4n) is 2.78. The first-order valence-corrected chi connectivity index (χ1v) is 8.98. The van der Waals surface area contributed by atoms with Crippen molar-refractivity contribution in [2.24, 2.45) is 0 Å². The van der Waals surface area contributed by atoms with Crippen LogP contribution in [0, 0.1) is 11.3 Å². The van der Waals surface area contributed by atoms with Gasteiger partial charge in [-0.15, -0.1) is 0 Å². The zero-order valence-corrected chi connectivity index (χ0v) is 15.0. The monoisotopic (exact) mass is 382 g/mol. The number of rotatable bonds is 6. The Morgan fingerprint density at radius 3 is 2.54 bits per heavy atom. The molecule has 0 heterocycles. The molecule has 1 saturated carbocycles. The molecule has 0 atom stereocenters. The molecule has 0 saturated heterocycles. The van der Waals surface area contributed by atoms with E-state index >= 15 is 0 Å². The standard InChI is InChI=1S/C20H19BrN2O/c21-18-3-1-2-17(12-18)14-23(19-9-10-19)20(24)11-8-15-4-6-16(13-22)7-5-15/h1-7,12,19H,8-11,14H2. The van der Waals surface area contributed by atoms with Crippen molar-refractivity contribution in [3.05, 3.63) is 69.7 Å². The number of benzene rings is 2. The van der Waals surface area contributed by atoms with E-state index in [0.717, 1.165) is 28.4 Å². The van der Waals surface area contributed by atoms with Gasteiger partial charge in [-0.3, -0.25) is 4.79 Å². The van der Waals surface area contributed by atoms with Crippen LogP contribution in [0.4, 0.5) is 0 Å². The third-order valence-electron chi connectivity index (χ3n) is 4.26. The average molecular weight is 383 g/mol. The molecule has 2 aromatic rings. The zero-order valence-electron chi connectivity index (χ0n) is 13.4. The Morgan fingerprint density at radius 2 is 1.92 bits per heavy atom. The summed E-state index contributed by atoms with van der Waals surface area (Å²) in [4.78, 5) is 14.7. The number of hydrogen-bond acceptors (Lipinski definition) is 2. The van der Waals surface area contributed by atoms with E-state index in [-0.39, 0.29) is 5.91 Å². The summed E-state index contributed by atoms with van der Waals surface area (Å²) in [7, 11) is 0. The zero-order chi connectivity index (χ0) is 16.9. The Hall–Kier alpha value is -2.12. The van der Waals surface area contributed by atoms with Crippen molar-refractivity contribution in [3.63, 3.8) is 0 Å². The first-order chi connectivity index (χ1) is 11.7. The van der Waals surface area contributed by atoms with E-state index in [9.17, 15) is 4.79 Å². The highest BCUT2D eigenvalue weighted by atomic mass is 79.9. The first kappa shape index (κ1) is 16.7. The molecular weight excluding hydrogens is 364 g/mol. The van der Waals surface area contributed by atoms with E-state index in [2.05, 4.69) is 34.1 Å². The summed E-state index contributed by atoms with van der Waals surface area (Å²) < 4.78 is 1.04. The van der Waals surface area contributed by atoms with Crippen LogP contribution >= 0.6 is 15.9 Å². The Bertz CT molecular complexity index is 760. The van der Waals surface area contributed by atoms with Gasteiger partial charge in [0.1, 0.15) is 0 Å². The molecule has 3 nitrogen and oxygen atoms in total. The Labute approximate surface area is 151 Å². The van der Waals surface area contributed by atoms with Crippen LogP contribution in [0.2, 0.25) is 0 Å². The number of nitrogens with zero attached hydrogens (tertiary/aromatic N) is 2. The Balaban J connectivity index is 1.61. The van der Waals surface area contributed by atoms with Crippen molar-refractivity contribution in [1.82, 2.24) is 4.90 Å². The number of halogens is 1. The lowest BCUT2D eigenvalue weighted by Gasteiger charge is -2.23. The van der Waals surface area contributed by atoms with E-state index < -0.39 is 0 Å². The van der Waals surface area contributed by atoms with Gasteiger partial charge in [-0.2, -0.15) is 5.26 Å². The molecule has 0 unspecified atom stereocenters. The van der Waals surface area contributed by atoms with E-state index in [1.165, 1.54) is 0 Å². The highest BCUT2D eigenvalue weighted by Crippen LogP contribution is 2.29. The second kappa shape index (κ2) is 7.63. The Kier molecular flexibility index (Phi) is 5.32. The summed E-state index contributed by atoms with van der Waals surface area (Å²) >= 11 is 3.49. The fraction of sp³-hybridized carbons (Fsp3) is 0.300. The van der Waals surface area contributed by atoms with E-state index in [1.54, 1.807) is 12.1 Å². The van der Waals surface area contributed by atoms with Gasteiger partial charge >= 0.3 is 0 Å². The molecule has 1 fully saturated rings. The highest BCUT2D eigenvalue weighted by Gasteiger charge is 2.32. The number of hydrogen-bond donors (Lipinski definition) is 0. The average Bonchev–Trinajstić information content (AvgIpc) is 3.43. The van der Waals surface area contributed by atoms with Gasteiger partial charge in [-0.25, -0.2) is 0 Å². The normalized spacial score (nSPS) is 13.3. The smallest absolute Gasteiger partial charge is 0.223 e. The summed E-state index contributed by atoms with van der Waals surface area (Å²) in [5.74, 6) is 0.210. The molecule has 24 heavy (non-hydrogen) atoms. The minimum Gasteiger partial charge on any atom is -0.335 e. The van der Waals surface area contributed by atoms with E-state index in [1.807, 2.05) is 29.2 Å². The predicted molar refractivity (Wildman–Crippen MR) is 97.2 cm³/mol. The number of carbonyl (C=O) groups excluding carboxylic acids is 1. The molecule has 0 radical (unpaired) electrons.